The second-order valence-electron chi connectivity index (χ2n) is 4.56. The molecule has 0 heterocycles. The van der Waals surface area contributed by atoms with Gasteiger partial charge < -0.3 is 9.47 Å². The lowest BCUT2D eigenvalue weighted by atomic mass is 10.2. The van der Waals surface area contributed by atoms with Crippen LogP contribution in [0.25, 0.3) is 0 Å². The van der Waals surface area contributed by atoms with Gasteiger partial charge in [0.1, 0.15) is 0 Å². The van der Waals surface area contributed by atoms with Gasteiger partial charge in [-0.15, -0.1) is 0 Å². The van der Waals surface area contributed by atoms with E-state index in [1.165, 1.54) is 0 Å². The lowest BCUT2D eigenvalue weighted by molar-refractivity contribution is -0.140. The quantitative estimate of drug-likeness (QED) is 0.380. The van der Waals surface area contributed by atoms with E-state index in [2.05, 4.69) is 20.4 Å². The predicted molar refractivity (Wildman–Crippen MR) is 74.0 cm³/mol. The first-order valence-electron chi connectivity index (χ1n) is 6.40. The second kappa shape index (κ2) is 8.47. The Bertz CT molecular complexity index is 253. The van der Waals surface area contributed by atoms with Gasteiger partial charge in [0.2, 0.25) is 0 Å². The van der Waals surface area contributed by atoms with Crippen molar-refractivity contribution in [1.82, 2.24) is 0 Å². The first-order chi connectivity index (χ1) is 7.92. The Morgan fingerprint density at radius 2 is 1.94 bits per heavy atom. The molecule has 0 aliphatic carbocycles. The first kappa shape index (κ1) is 16.4. The van der Waals surface area contributed by atoms with Crippen molar-refractivity contribution in [2.24, 2.45) is 0 Å². The molecule has 4 heteroatoms. The van der Waals surface area contributed by atoms with Crippen molar-refractivity contribution in [1.29, 1.82) is 0 Å². The zero-order valence-corrected chi connectivity index (χ0v) is 13.2. The Balaban J connectivity index is 4.18. The monoisotopic (exact) mass is 258 g/mol. The molecule has 0 aromatic rings. The van der Waals surface area contributed by atoms with Gasteiger partial charge in [-0.25, -0.2) is 4.79 Å². The predicted octanol–water partition coefficient (Wildman–Crippen LogP) is 2.24. The fourth-order valence-electron chi connectivity index (χ4n) is 1.85. The number of carbonyl (C=O) groups excluding carboxylic acids is 1. The van der Waals surface area contributed by atoms with Crippen molar-refractivity contribution in [3.8, 4) is 0 Å². The van der Waals surface area contributed by atoms with E-state index in [-0.39, 0.29) is 17.8 Å². The molecule has 0 radical (unpaired) electrons. The molecule has 0 saturated heterocycles. The van der Waals surface area contributed by atoms with E-state index in [4.69, 9.17) is 9.47 Å². The van der Waals surface area contributed by atoms with Crippen LogP contribution in [0.4, 0.5) is 0 Å². The minimum absolute atomic E-state index is 0.0482. The minimum atomic E-state index is -0.502. The average Bonchev–Trinajstić information content (AvgIpc) is 2.25. The standard InChI is InChI=1S/C13H26O3Si/c1-7-12(10(5)15-8-2)17-11(6)16-13(14)9(3)4/h10-12H,3,7-8,17H2,1-2,4-6H3. The van der Waals surface area contributed by atoms with Gasteiger partial charge in [-0.3, -0.25) is 0 Å². The molecule has 100 valence electrons. The van der Waals surface area contributed by atoms with Gasteiger partial charge in [-0.05, 0) is 33.2 Å². The van der Waals surface area contributed by atoms with Crippen LogP contribution in [0, 0.1) is 0 Å². The molecule has 0 aromatic heterocycles. The van der Waals surface area contributed by atoms with E-state index in [1.807, 2.05) is 13.8 Å². The summed E-state index contributed by atoms with van der Waals surface area (Å²) < 4.78 is 11.0. The second-order valence-corrected chi connectivity index (χ2v) is 7.23. The Morgan fingerprint density at radius 1 is 1.35 bits per heavy atom. The van der Waals surface area contributed by atoms with Crippen molar-refractivity contribution < 1.29 is 14.3 Å². The Labute approximate surface area is 107 Å². The summed E-state index contributed by atoms with van der Waals surface area (Å²) in [5.74, 6) is -0.274. The Kier molecular flexibility index (Phi) is 8.17. The molecule has 0 N–H and O–H groups in total. The maximum absolute atomic E-state index is 11.4. The van der Waals surface area contributed by atoms with Gasteiger partial charge in [0.25, 0.3) is 0 Å². The summed E-state index contributed by atoms with van der Waals surface area (Å²) in [7, 11) is -0.502. The summed E-state index contributed by atoms with van der Waals surface area (Å²) in [6, 6.07) is 0. The third-order valence-electron chi connectivity index (χ3n) is 2.91. The third kappa shape index (κ3) is 6.63. The van der Waals surface area contributed by atoms with Crippen LogP contribution in [0.2, 0.25) is 5.54 Å². The molecule has 0 aliphatic heterocycles. The van der Waals surface area contributed by atoms with E-state index in [0.717, 1.165) is 13.0 Å². The zero-order valence-electron chi connectivity index (χ0n) is 11.8. The van der Waals surface area contributed by atoms with E-state index in [9.17, 15) is 4.79 Å². The highest BCUT2D eigenvalue weighted by molar-refractivity contribution is 6.39. The molecule has 0 fully saturated rings. The molecule has 17 heavy (non-hydrogen) atoms. The highest BCUT2D eigenvalue weighted by Gasteiger charge is 2.21. The smallest absolute Gasteiger partial charge is 0.333 e. The SMILES string of the molecule is C=C(C)C(=O)OC(C)[SiH2]C(CC)C(C)OCC. The van der Waals surface area contributed by atoms with Crippen LogP contribution in [0.1, 0.15) is 41.0 Å². The molecule has 0 aliphatic rings. The largest absolute Gasteiger partial charge is 0.464 e. The molecule has 0 amide bonds. The molecule has 0 saturated carbocycles. The molecule has 3 atom stereocenters. The molecule has 0 spiro atoms. The van der Waals surface area contributed by atoms with Gasteiger partial charge in [-0.2, -0.15) is 0 Å². The summed E-state index contributed by atoms with van der Waals surface area (Å²) in [5, 5.41) is 0. The summed E-state index contributed by atoms with van der Waals surface area (Å²) in [4.78, 5) is 11.4. The van der Waals surface area contributed by atoms with Crippen LogP contribution < -0.4 is 0 Å². The van der Waals surface area contributed by atoms with Crippen molar-refractivity contribution >= 4 is 15.5 Å². The number of carbonyl (C=O) groups is 1. The average molecular weight is 258 g/mol. The third-order valence-corrected chi connectivity index (χ3v) is 5.59. The molecule has 3 nitrogen and oxygen atoms in total. The lowest BCUT2D eigenvalue weighted by Crippen LogP contribution is -2.30. The molecular formula is C13H26O3Si. The molecular weight excluding hydrogens is 232 g/mol. The Morgan fingerprint density at radius 3 is 2.35 bits per heavy atom. The van der Waals surface area contributed by atoms with Gasteiger partial charge in [0.05, 0.1) is 21.4 Å². The summed E-state index contributed by atoms with van der Waals surface area (Å²) in [6.07, 6.45) is 1.35. The normalized spacial score (nSPS) is 16.8. The number of esters is 1. The number of hydrogen-bond donors (Lipinski definition) is 0. The van der Waals surface area contributed by atoms with Crippen LogP contribution >= 0.6 is 0 Å². The maximum Gasteiger partial charge on any atom is 0.333 e. The maximum atomic E-state index is 11.4. The Hall–Kier alpha value is -0.613. The van der Waals surface area contributed by atoms with Crippen LogP contribution in [-0.2, 0) is 14.3 Å². The highest BCUT2D eigenvalue weighted by atomic mass is 28.2. The van der Waals surface area contributed by atoms with Crippen LogP contribution in [-0.4, -0.2) is 33.9 Å². The first-order valence-corrected chi connectivity index (χ1v) is 8.03. The summed E-state index contributed by atoms with van der Waals surface area (Å²) in [6.45, 7) is 14.3. The molecule has 3 unspecified atom stereocenters. The fraction of sp³-hybridized carbons (Fsp3) is 0.769. The van der Waals surface area contributed by atoms with Crippen LogP contribution in [0.3, 0.4) is 0 Å². The van der Waals surface area contributed by atoms with Gasteiger partial charge in [0.15, 0.2) is 0 Å². The molecule has 0 aromatic carbocycles. The van der Waals surface area contributed by atoms with Gasteiger partial charge >= 0.3 is 5.97 Å². The van der Waals surface area contributed by atoms with E-state index < -0.39 is 9.52 Å². The van der Waals surface area contributed by atoms with Gasteiger partial charge in [0, 0.05) is 12.2 Å². The summed E-state index contributed by atoms with van der Waals surface area (Å²) >= 11 is 0. The van der Waals surface area contributed by atoms with Crippen molar-refractivity contribution in [2.45, 2.75) is 58.4 Å². The van der Waals surface area contributed by atoms with E-state index in [1.54, 1.807) is 6.92 Å². The van der Waals surface area contributed by atoms with Gasteiger partial charge in [-0.1, -0.05) is 19.9 Å². The number of rotatable bonds is 8. The molecule has 0 rings (SSSR count). The van der Waals surface area contributed by atoms with E-state index in [0.29, 0.717) is 11.1 Å². The van der Waals surface area contributed by atoms with E-state index >= 15 is 0 Å². The number of hydrogen-bond acceptors (Lipinski definition) is 3. The van der Waals surface area contributed by atoms with Crippen LogP contribution in [0.5, 0.6) is 0 Å². The fourth-order valence-corrected chi connectivity index (χ4v) is 3.80. The zero-order chi connectivity index (χ0) is 13.4. The topological polar surface area (TPSA) is 35.5 Å². The minimum Gasteiger partial charge on any atom is -0.464 e. The summed E-state index contributed by atoms with van der Waals surface area (Å²) in [5.41, 5.74) is 1.08. The molecule has 0 bridgehead atoms. The van der Waals surface area contributed by atoms with Crippen molar-refractivity contribution in [3.05, 3.63) is 12.2 Å². The van der Waals surface area contributed by atoms with Crippen molar-refractivity contribution in [2.75, 3.05) is 6.61 Å². The van der Waals surface area contributed by atoms with Crippen molar-refractivity contribution in [3.63, 3.8) is 0 Å². The highest BCUT2D eigenvalue weighted by Crippen LogP contribution is 2.19. The lowest BCUT2D eigenvalue weighted by Gasteiger charge is -2.25. The number of ether oxygens (including phenoxy) is 2. The van der Waals surface area contributed by atoms with Crippen LogP contribution in [0.15, 0.2) is 12.2 Å².